The topological polar surface area (TPSA) is 279 Å². The minimum Gasteiger partial charge on any atom is -0.343 e. The highest BCUT2D eigenvalue weighted by atomic mass is 127. The minimum absolute atomic E-state index is 0.0137. The maximum absolute atomic E-state index is 15.4. The van der Waals surface area contributed by atoms with Crippen LogP contribution in [0.15, 0.2) is 54.6 Å². The Labute approximate surface area is 607 Å². The fourth-order valence-electron chi connectivity index (χ4n) is 14.1. The number of piperidine rings is 1. The van der Waals surface area contributed by atoms with Crippen molar-refractivity contribution < 1.29 is 57.5 Å². The van der Waals surface area contributed by atoms with Crippen LogP contribution in [0.25, 0.3) is 0 Å². The molecule has 0 spiro atoms. The van der Waals surface area contributed by atoms with Crippen LogP contribution in [0.2, 0.25) is 0 Å². The van der Waals surface area contributed by atoms with E-state index in [2.05, 4.69) is 43.9 Å². The third-order valence-corrected chi connectivity index (χ3v) is 21.4. The van der Waals surface area contributed by atoms with Gasteiger partial charge in [0.15, 0.2) is 0 Å². The second-order valence-corrected chi connectivity index (χ2v) is 30.7. The Balaban J connectivity index is 1.45. The van der Waals surface area contributed by atoms with E-state index in [1.54, 1.807) is 24.0 Å². The van der Waals surface area contributed by atoms with Crippen molar-refractivity contribution in [1.82, 2.24) is 60.5 Å². The van der Waals surface area contributed by atoms with Crippen molar-refractivity contribution in [3.63, 3.8) is 0 Å². The number of rotatable bonds is 17. The van der Waals surface area contributed by atoms with Gasteiger partial charge in [0.25, 0.3) is 0 Å². The lowest BCUT2D eigenvalue weighted by atomic mass is 9.85. The third-order valence-electron chi connectivity index (χ3n) is 20.7. The highest BCUT2D eigenvalue weighted by molar-refractivity contribution is 14.1. The number of hydrogen-bond donors (Lipinski definition) is 4. The van der Waals surface area contributed by atoms with Crippen LogP contribution >= 0.6 is 22.6 Å². The SMILES string of the molecule is CCCC[C@@H]1NC(=O)[C@H](Cc2cccc(I)c2)NC(=O)CN(C)C(=O)[C@H](CCC2CCCCC2)N(C)C(=O)[C@@H]2CCN2C(=O)CN(C)C(=O)[C@H]([C@@H](C)CC)NC(=O)[C@H](CC(C)C)N(C)C(=O)C[C@@H](C(=O)N2CCCCC2)N(C)C(=O)[C@H](CC(C)C)NC(=O)[C@H](Cc2ccccc2)N(C)C1=O. The second-order valence-electron chi connectivity index (χ2n) is 29.4. The standard InChI is InChI=1S/C75H115IN12O12/c1-14-16-33-55-70(95)85(12)61(44-52-29-22-18-23-30-52)68(93)79-57(40-48(3)4)71(96)86(13)62(74(99)87-37-24-19-25-38-87)45-64(90)83(10)60(41-49(5)6)69(94)80-66(50(7)15-2)75(100)82(9)47-65(91)88-39-36-59(88)73(98)84(11)58(35-34-51-27-20-17-21-28-51)72(97)81(8)46-63(89)77-56(67(92)78-55)43-53-31-26-32-54(76)42-53/h18,22-23,26,29-32,42,48-51,55-62,66H,14-17,19-21,24-25,27-28,33-41,43-47H2,1-13H3,(H,77,89)(H,78,92)(H,79,93)(H,80,94)/t50-,55-,56-,57-,58-,59-,60-,61-,62-,66-/m0/s1. The van der Waals surface area contributed by atoms with Crippen LogP contribution in [-0.2, 0) is 70.4 Å². The molecule has 24 nitrogen and oxygen atoms in total. The minimum atomic E-state index is -1.40. The number of fused-ring (bicyclic) bond motifs is 1. The number of nitrogens with one attached hydrogen (secondary N) is 4. The monoisotopic (exact) mass is 1500 g/mol. The summed E-state index contributed by atoms with van der Waals surface area (Å²) in [7, 11) is 8.80. The van der Waals surface area contributed by atoms with Crippen molar-refractivity contribution >= 4 is 93.5 Å². The summed E-state index contributed by atoms with van der Waals surface area (Å²) in [5, 5.41) is 11.8. The largest absolute Gasteiger partial charge is 0.343 e. The molecule has 0 unspecified atom stereocenters. The van der Waals surface area contributed by atoms with E-state index in [1.807, 2.05) is 84.0 Å². The van der Waals surface area contributed by atoms with Crippen molar-refractivity contribution in [2.45, 2.75) is 231 Å². The molecule has 3 saturated heterocycles. The zero-order chi connectivity index (χ0) is 73.7. The first-order chi connectivity index (χ1) is 47.5. The molecule has 100 heavy (non-hydrogen) atoms. The summed E-state index contributed by atoms with van der Waals surface area (Å²) in [6, 6.07) is 5.62. The predicted molar refractivity (Wildman–Crippen MR) is 391 cm³/mol. The molecule has 0 aromatic heterocycles. The summed E-state index contributed by atoms with van der Waals surface area (Å²) in [4.78, 5) is 190. The number of unbranched alkanes of at least 4 members (excludes halogenated alkanes) is 1. The first-order valence-corrected chi connectivity index (χ1v) is 37.7. The molecular formula is C75H115IN12O12. The van der Waals surface area contributed by atoms with Crippen molar-refractivity contribution in [3.8, 4) is 0 Å². The molecule has 1 aliphatic carbocycles. The summed E-state index contributed by atoms with van der Waals surface area (Å²) in [6.07, 6.45) is 9.97. The fourth-order valence-corrected chi connectivity index (χ4v) is 14.8. The summed E-state index contributed by atoms with van der Waals surface area (Å²) >= 11 is 2.16. The quantitative estimate of drug-likeness (QED) is 0.134. The van der Waals surface area contributed by atoms with Gasteiger partial charge in [-0.15, -0.1) is 0 Å². The van der Waals surface area contributed by atoms with Crippen molar-refractivity contribution in [2.75, 3.05) is 75.0 Å². The summed E-state index contributed by atoms with van der Waals surface area (Å²) in [5.41, 5.74) is 1.38. The Morgan fingerprint density at radius 1 is 0.520 bits per heavy atom. The van der Waals surface area contributed by atoms with E-state index in [0.717, 1.165) is 42.1 Å². The van der Waals surface area contributed by atoms with Gasteiger partial charge in [0.05, 0.1) is 19.5 Å². The van der Waals surface area contributed by atoms with E-state index in [4.69, 9.17) is 0 Å². The number of nitrogens with zero attached hydrogens (tertiary/aromatic N) is 8. The Hall–Kier alpha value is -7.19. The molecule has 25 heteroatoms. The summed E-state index contributed by atoms with van der Waals surface area (Å²) in [6.45, 7) is 13.1. The molecule has 4 fully saturated rings. The maximum atomic E-state index is 15.4. The lowest BCUT2D eigenvalue weighted by Gasteiger charge is -2.44. The Morgan fingerprint density at radius 3 is 1.73 bits per heavy atom. The van der Waals surface area contributed by atoms with Gasteiger partial charge in [0, 0.05) is 78.3 Å². The van der Waals surface area contributed by atoms with Crippen LogP contribution in [0.3, 0.4) is 0 Å². The lowest BCUT2D eigenvalue weighted by molar-refractivity contribution is -0.158. The van der Waals surface area contributed by atoms with Gasteiger partial charge >= 0.3 is 0 Å². The zero-order valence-electron chi connectivity index (χ0n) is 61.7. The Morgan fingerprint density at radius 2 is 1.12 bits per heavy atom. The molecule has 3 aliphatic heterocycles. The van der Waals surface area contributed by atoms with Crippen LogP contribution in [0.5, 0.6) is 0 Å². The highest BCUT2D eigenvalue weighted by Crippen LogP contribution is 2.31. The summed E-state index contributed by atoms with van der Waals surface area (Å²) in [5.74, 6) is -7.78. The predicted octanol–water partition coefficient (Wildman–Crippen LogP) is 5.95. The number of halogens is 1. The van der Waals surface area contributed by atoms with Gasteiger partial charge in [0.1, 0.15) is 54.4 Å². The average molecular weight is 1500 g/mol. The Kier molecular flexibility index (Phi) is 32.1. The van der Waals surface area contributed by atoms with Crippen LogP contribution in [0, 0.1) is 27.2 Å². The van der Waals surface area contributed by atoms with E-state index in [0.29, 0.717) is 68.7 Å². The van der Waals surface area contributed by atoms with Gasteiger partial charge in [-0.25, -0.2) is 0 Å². The van der Waals surface area contributed by atoms with Gasteiger partial charge < -0.3 is 60.5 Å². The van der Waals surface area contributed by atoms with Crippen LogP contribution in [-0.4, -0.2) is 239 Å². The number of likely N-dealkylation sites (N-methyl/N-ethyl adjacent to an activating group) is 6. The van der Waals surface area contributed by atoms with Crippen molar-refractivity contribution in [3.05, 3.63) is 69.3 Å². The molecule has 0 radical (unpaired) electrons. The normalized spacial score (nSPS) is 25.7. The summed E-state index contributed by atoms with van der Waals surface area (Å²) < 4.78 is 0.867. The number of benzene rings is 2. The van der Waals surface area contributed by atoms with Crippen molar-refractivity contribution in [1.29, 1.82) is 0 Å². The lowest BCUT2D eigenvalue weighted by Crippen LogP contribution is -2.63. The van der Waals surface area contributed by atoms with Crippen LogP contribution in [0.4, 0.5) is 0 Å². The van der Waals surface area contributed by atoms with E-state index < -0.39 is 151 Å². The van der Waals surface area contributed by atoms with E-state index in [9.17, 15) is 33.6 Å². The second kappa shape index (κ2) is 39.3. The van der Waals surface area contributed by atoms with E-state index >= 15 is 24.0 Å². The molecular weight excluding hydrogens is 1390 g/mol. The number of hydrogen-bond acceptors (Lipinski definition) is 12. The molecule has 3 heterocycles. The number of amides is 12. The van der Waals surface area contributed by atoms with Crippen LogP contribution in [0.1, 0.15) is 175 Å². The molecule has 0 bridgehead atoms. The van der Waals surface area contributed by atoms with Gasteiger partial charge in [0.2, 0.25) is 70.9 Å². The molecule has 10 atom stereocenters. The molecule has 6 rings (SSSR count). The molecule has 4 N–H and O–H groups in total. The van der Waals surface area contributed by atoms with E-state index in [1.165, 1.54) is 76.6 Å². The molecule has 2 aromatic carbocycles. The molecule has 554 valence electrons. The fraction of sp³-hybridized carbons (Fsp3) is 0.680. The first kappa shape index (κ1) is 81.8. The number of likely N-dealkylation sites (tertiary alicyclic amines) is 1. The van der Waals surface area contributed by atoms with Gasteiger partial charge in [-0.05, 0) is 127 Å². The average Bonchev–Trinajstić information content (AvgIpc) is 0.792. The molecule has 4 aliphatic rings. The smallest absolute Gasteiger partial charge is 0.245 e. The Bertz CT molecular complexity index is 3140. The number of carbonyl (C=O) groups is 12. The first-order valence-electron chi connectivity index (χ1n) is 36.6. The van der Waals surface area contributed by atoms with Gasteiger partial charge in [-0.1, -0.05) is 142 Å². The zero-order valence-corrected chi connectivity index (χ0v) is 63.9. The molecule has 1 saturated carbocycles. The van der Waals surface area contributed by atoms with Gasteiger partial charge in [-0.3, -0.25) is 57.5 Å². The van der Waals surface area contributed by atoms with Crippen LogP contribution < -0.4 is 21.3 Å². The van der Waals surface area contributed by atoms with E-state index in [-0.39, 0.29) is 63.3 Å². The highest BCUT2D eigenvalue weighted by Gasteiger charge is 2.45. The molecule has 12 amide bonds. The van der Waals surface area contributed by atoms with Gasteiger partial charge in [-0.2, -0.15) is 0 Å². The number of carbonyl (C=O) groups excluding carboxylic acids is 12. The third kappa shape index (κ3) is 22.9. The molecule has 2 aromatic rings. The maximum Gasteiger partial charge on any atom is 0.245 e. The van der Waals surface area contributed by atoms with Crippen molar-refractivity contribution in [2.24, 2.45) is 23.7 Å².